The minimum absolute atomic E-state index is 0. The Kier molecular flexibility index (Phi) is 4.10. The van der Waals surface area contributed by atoms with Crippen LogP contribution in [0.5, 0.6) is 0 Å². The number of fused-ring (bicyclic) bond motifs is 3. The summed E-state index contributed by atoms with van der Waals surface area (Å²) in [6.45, 7) is 4.39. The molecule has 0 saturated heterocycles. The van der Waals surface area contributed by atoms with E-state index in [2.05, 4.69) is 80.6 Å². The molecular weight excluding hydrogens is 343 g/mol. The van der Waals surface area contributed by atoms with E-state index in [9.17, 15) is 0 Å². The zero-order valence-electron chi connectivity index (χ0n) is 12.9. The van der Waals surface area contributed by atoms with Crippen molar-refractivity contribution in [3.8, 4) is 11.1 Å². The largest absolute Gasteiger partial charge is 0.152 e. The van der Waals surface area contributed by atoms with E-state index in [1.165, 1.54) is 43.8 Å². The molecule has 1 aliphatic rings. The van der Waals surface area contributed by atoms with Gasteiger partial charge in [0.2, 0.25) is 0 Å². The Morgan fingerprint density at radius 3 is 2.05 bits per heavy atom. The molecule has 0 nitrogen and oxygen atoms in total. The number of benzene rings is 2. The average Bonchev–Trinajstić information content (AvgIpc) is 3.11. The van der Waals surface area contributed by atoms with E-state index in [4.69, 9.17) is 0 Å². The summed E-state index contributed by atoms with van der Waals surface area (Å²) in [7, 11) is 0. The van der Waals surface area contributed by atoms with Gasteiger partial charge in [-0.2, -0.15) is 12.1 Å². The second-order valence-electron chi connectivity index (χ2n) is 5.82. The second-order valence-corrected chi connectivity index (χ2v) is 5.82. The molecule has 0 saturated carbocycles. The first-order chi connectivity index (χ1) is 10.3. The van der Waals surface area contributed by atoms with Crippen molar-refractivity contribution in [2.45, 2.75) is 13.8 Å². The van der Waals surface area contributed by atoms with Crippen LogP contribution in [0.15, 0.2) is 66.7 Å². The fraction of sp³-hybridized carbons (Fsp3) is 0.0952. The Labute approximate surface area is 150 Å². The third kappa shape index (κ3) is 2.20. The van der Waals surface area contributed by atoms with Crippen LogP contribution in [0, 0.1) is 0 Å². The minimum Gasteiger partial charge on any atom is -0.152 e. The zero-order chi connectivity index (χ0) is 14.4. The maximum Gasteiger partial charge on any atom is 0 e. The number of rotatable bonds is 1. The Bertz CT molecular complexity index is 940. The average molecular weight is 361 g/mol. The van der Waals surface area contributed by atoms with Crippen LogP contribution in [0.2, 0.25) is 0 Å². The monoisotopic (exact) mass is 359 g/mol. The first kappa shape index (κ1) is 15.3. The topological polar surface area (TPSA) is 0 Å². The summed E-state index contributed by atoms with van der Waals surface area (Å²) in [5.41, 5.74) is 8.13. The smallest absolute Gasteiger partial charge is 0 e. The summed E-state index contributed by atoms with van der Waals surface area (Å²) in [4.78, 5) is 0. The standard InChI is InChI=1S/C21H17.Zr/c1-14(2)16-12-7-13-19-17-10-5-6-11-18(17)20(21(16)19)15-8-3-4-9-15;/h3-13H,1-2H3;/q-1;. The molecule has 0 N–H and O–H groups in total. The van der Waals surface area contributed by atoms with Crippen LogP contribution in [0.1, 0.15) is 25.0 Å². The Hall–Kier alpha value is -1.59. The minimum atomic E-state index is 0. The second kappa shape index (κ2) is 5.90. The van der Waals surface area contributed by atoms with Crippen LogP contribution >= 0.6 is 0 Å². The van der Waals surface area contributed by atoms with Gasteiger partial charge >= 0.3 is 0 Å². The van der Waals surface area contributed by atoms with Gasteiger partial charge in [-0.05, 0) is 13.8 Å². The van der Waals surface area contributed by atoms with Crippen molar-refractivity contribution < 1.29 is 26.2 Å². The first-order valence-electron chi connectivity index (χ1n) is 7.40. The van der Waals surface area contributed by atoms with Gasteiger partial charge in [-0.25, -0.2) is 0 Å². The third-order valence-electron chi connectivity index (χ3n) is 4.29. The van der Waals surface area contributed by atoms with Gasteiger partial charge in [0.25, 0.3) is 0 Å². The maximum absolute atomic E-state index is 2.25. The van der Waals surface area contributed by atoms with Crippen molar-refractivity contribution in [2.24, 2.45) is 0 Å². The van der Waals surface area contributed by atoms with Crippen LogP contribution in [-0.2, 0) is 26.2 Å². The van der Waals surface area contributed by atoms with Crippen LogP contribution in [0.3, 0.4) is 0 Å². The molecule has 22 heavy (non-hydrogen) atoms. The van der Waals surface area contributed by atoms with Gasteiger partial charge in [-0.3, -0.25) is 0 Å². The van der Waals surface area contributed by atoms with Crippen LogP contribution in [0.25, 0.3) is 22.3 Å². The van der Waals surface area contributed by atoms with Gasteiger partial charge in [0, 0.05) is 26.2 Å². The third-order valence-corrected chi connectivity index (χ3v) is 4.29. The summed E-state index contributed by atoms with van der Waals surface area (Å²) in [6, 6.07) is 24.1. The van der Waals surface area contributed by atoms with Gasteiger partial charge < -0.3 is 0 Å². The van der Waals surface area contributed by atoms with Crippen molar-refractivity contribution in [2.75, 3.05) is 0 Å². The summed E-state index contributed by atoms with van der Waals surface area (Å²) in [5, 5.41) is 2.75. The molecule has 1 heteroatoms. The molecule has 0 unspecified atom stereocenters. The van der Waals surface area contributed by atoms with Gasteiger partial charge in [-0.1, -0.05) is 80.7 Å². The van der Waals surface area contributed by atoms with Gasteiger partial charge in [-0.15, -0.1) is 17.7 Å². The predicted octanol–water partition coefficient (Wildman–Crippen LogP) is 3.82. The van der Waals surface area contributed by atoms with Crippen molar-refractivity contribution in [3.05, 3.63) is 88.3 Å². The quantitative estimate of drug-likeness (QED) is 0.453. The van der Waals surface area contributed by atoms with Crippen molar-refractivity contribution in [3.63, 3.8) is 0 Å². The number of hydrogen-bond acceptors (Lipinski definition) is 0. The Balaban J connectivity index is 0.00000144. The van der Waals surface area contributed by atoms with E-state index in [0.29, 0.717) is 0 Å². The molecule has 0 atom stereocenters. The van der Waals surface area contributed by atoms with E-state index in [-0.39, 0.29) is 26.2 Å². The van der Waals surface area contributed by atoms with E-state index in [1.807, 2.05) is 0 Å². The number of hydrogen-bond donors (Lipinski definition) is 0. The van der Waals surface area contributed by atoms with Crippen molar-refractivity contribution >= 4 is 11.1 Å². The van der Waals surface area contributed by atoms with Gasteiger partial charge in [0.1, 0.15) is 0 Å². The maximum atomic E-state index is 2.25. The predicted molar refractivity (Wildman–Crippen MR) is 89.5 cm³/mol. The molecule has 0 heterocycles. The van der Waals surface area contributed by atoms with E-state index >= 15 is 0 Å². The molecule has 0 aliphatic heterocycles. The molecule has 1 aliphatic carbocycles. The fourth-order valence-corrected chi connectivity index (χ4v) is 3.37. The van der Waals surface area contributed by atoms with Crippen LogP contribution in [0.4, 0.5) is 0 Å². The molecule has 0 amide bonds. The molecule has 0 radical (unpaired) electrons. The molecule has 3 aromatic carbocycles. The first-order valence-corrected chi connectivity index (χ1v) is 7.40. The summed E-state index contributed by atoms with van der Waals surface area (Å²) < 4.78 is 0. The Morgan fingerprint density at radius 1 is 0.727 bits per heavy atom. The fourth-order valence-electron chi connectivity index (χ4n) is 3.37. The van der Waals surface area contributed by atoms with Crippen LogP contribution in [-0.4, -0.2) is 0 Å². The molecule has 3 aromatic rings. The normalized spacial score (nSPS) is 11.6. The summed E-state index contributed by atoms with van der Waals surface area (Å²) in [6.07, 6.45) is 0. The van der Waals surface area contributed by atoms with E-state index in [1.54, 1.807) is 0 Å². The van der Waals surface area contributed by atoms with E-state index < -0.39 is 0 Å². The zero-order valence-corrected chi connectivity index (χ0v) is 15.3. The van der Waals surface area contributed by atoms with Gasteiger partial charge in [0.05, 0.1) is 0 Å². The molecule has 0 spiro atoms. The molecule has 0 fully saturated rings. The van der Waals surface area contributed by atoms with Gasteiger partial charge in [0.15, 0.2) is 0 Å². The molecule has 106 valence electrons. The van der Waals surface area contributed by atoms with E-state index in [0.717, 1.165) is 0 Å². The molecule has 0 bridgehead atoms. The molecular formula is C21H17Zr-. The SMILES string of the molecule is CC(C)=c1cccc2c1=C([c-]1cccc1)c1ccccc1-2.[Zr]. The molecule has 0 aromatic heterocycles. The summed E-state index contributed by atoms with van der Waals surface area (Å²) in [5.74, 6) is 0. The van der Waals surface area contributed by atoms with Crippen molar-refractivity contribution in [1.29, 1.82) is 0 Å². The van der Waals surface area contributed by atoms with Crippen molar-refractivity contribution in [1.82, 2.24) is 0 Å². The molecule has 4 rings (SSSR count). The summed E-state index contributed by atoms with van der Waals surface area (Å²) >= 11 is 0. The Morgan fingerprint density at radius 2 is 1.36 bits per heavy atom. The van der Waals surface area contributed by atoms with Crippen LogP contribution < -0.4 is 10.4 Å².